The number of likely N-dealkylation sites (N-methyl/N-ethyl adjacent to an activating group) is 1. The molecule has 0 aliphatic rings. The molecule has 0 fully saturated rings. The molecule has 2 amide bonds. The molecular weight excluding hydrogens is 258 g/mol. The van der Waals surface area contributed by atoms with Crippen molar-refractivity contribution in [2.45, 2.75) is 6.42 Å². The Bertz CT molecular complexity index is 463. The third-order valence-corrected chi connectivity index (χ3v) is 2.92. The van der Waals surface area contributed by atoms with E-state index in [1.54, 1.807) is 21.2 Å². The van der Waals surface area contributed by atoms with E-state index in [-0.39, 0.29) is 18.4 Å². The number of para-hydroxylation sites is 2. The Hall–Kier alpha value is -2.24. The first-order valence-electron chi connectivity index (χ1n) is 6.40. The van der Waals surface area contributed by atoms with Gasteiger partial charge in [0.1, 0.15) is 5.75 Å². The number of rotatable bonds is 7. The summed E-state index contributed by atoms with van der Waals surface area (Å²) in [5, 5.41) is 5.55. The number of carbonyl (C=O) groups is 2. The van der Waals surface area contributed by atoms with Gasteiger partial charge < -0.3 is 20.3 Å². The first-order chi connectivity index (χ1) is 9.58. The van der Waals surface area contributed by atoms with Crippen molar-refractivity contribution in [1.82, 2.24) is 10.2 Å². The van der Waals surface area contributed by atoms with E-state index >= 15 is 0 Å². The van der Waals surface area contributed by atoms with E-state index in [0.717, 1.165) is 5.69 Å². The number of carbonyl (C=O) groups excluding carboxylic acids is 2. The molecule has 0 heterocycles. The van der Waals surface area contributed by atoms with Gasteiger partial charge in [-0.15, -0.1) is 0 Å². The van der Waals surface area contributed by atoms with Crippen LogP contribution in [0.2, 0.25) is 0 Å². The molecular formula is C14H21N3O3. The van der Waals surface area contributed by atoms with E-state index in [1.165, 1.54) is 4.90 Å². The summed E-state index contributed by atoms with van der Waals surface area (Å²) in [5.74, 6) is 0.524. The molecule has 0 saturated carbocycles. The Balaban J connectivity index is 2.44. The van der Waals surface area contributed by atoms with Crippen molar-refractivity contribution < 1.29 is 14.3 Å². The lowest BCUT2D eigenvalue weighted by Crippen LogP contribution is -2.35. The van der Waals surface area contributed by atoms with Crippen molar-refractivity contribution in [3.8, 4) is 5.75 Å². The summed E-state index contributed by atoms with van der Waals surface area (Å²) in [5.41, 5.74) is 0.767. The van der Waals surface area contributed by atoms with Gasteiger partial charge in [-0.2, -0.15) is 0 Å². The van der Waals surface area contributed by atoms with Crippen LogP contribution in [0, 0.1) is 0 Å². The van der Waals surface area contributed by atoms with E-state index in [1.807, 2.05) is 24.3 Å². The van der Waals surface area contributed by atoms with Crippen LogP contribution in [0.1, 0.15) is 6.42 Å². The van der Waals surface area contributed by atoms with Crippen LogP contribution in [0.25, 0.3) is 0 Å². The number of methoxy groups -OCH3 is 1. The van der Waals surface area contributed by atoms with Gasteiger partial charge in [-0.25, -0.2) is 0 Å². The number of hydrogen-bond donors (Lipinski definition) is 2. The molecule has 1 rings (SSSR count). The van der Waals surface area contributed by atoms with Crippen LogP contribution in [0.15, 0.2) is 24.3 Å². The maximum atomic E-state index is 11.9. The van der Waals surface area contributed by atoms with Gasteiger partial charge in [-0.3, -0.25) is 9.59 Å². The van der Waals surface area contributed by atoms with Crippen molar-refractivity contribution >= 4 is 17.5 Å². The van der Waals surface area contributed by atoms with Crippen molar-refractivity contribution in [2.24, 2.45) is 0 Å². The van der Waals surface area contributed by atoms with E-state index in [9.17, 15) is 9.59 Å². The Labute approximate surface area is 119 Å². The average molecular weight is 279 g/mol. The Morgan fingerprint density at radius 2 is 2.00 bits per heavy atom. The minimum Gasteiger partial charge on any atom is -0.495 e. The zero-order chi connectivity index (χ0) is 15.0. The van der Waals surface area contributed by atoms with Gasteiger partial charge in [0.2, 0.25) is 11.8 Å². The highest BCUT2D eigenvalue weighted by Crippen LogP contribution is 2.22. The van der Waals surface area contributed by atoms with E-state index < -0.39 is 0 Å². The number of ether oxygens (including phenoxy) is 1. The second kappa shape index (κ2) is 8.04. The summed E-state index contributed by atoms with van der Waals surface area (Å²) < 4.78 is 5.19. The number of hydrogen-bond acceptors (Lipinski definition) is 4. The number of nitrogens with one attached hydrogen (secondary N) is 2. The average Bonchev–Trinajstić information content (AvgIpc) is 2.49. The minimum absolute atomic E-state index is 0.0812. The largest absolute Gasteiger partial charge is 0.495 e. The second-order valence-corrected chi connectivity index (χ2v) is 4.29. The van der Waals surface area contributed by atoms with Crippen LogP contribution in [0.4, 0.5) is 5.69 Å². The summed E-state index contributed by atoms with van der Waals surface area (Å²) in [4.78, 5) is 24.6. The topological polar surface area (TPSA) is 70.7 Å². The first kappa shape index (κ1) is 15.8. The summed E-state index contributed by atoms with van der Waals surface area (Å²) in [6.45, 7) is 0.552. The highest BCUT2D eigenvalue weighted by molar-refractivity contribution is 5.82. The van der Waals surface area contributed by atoms with Crippen LogP contribution in [-0.2, 0) is 9.59 Å². The van der Waals surface area contributed by atoms with Crippen LogP contribution in [0.3, 0.4) is 0 Å². The van der Waals surface area contributed by atoms with Crippen LogP contribution < -0.4 is 15.4 Å². The molecule has 0 aliphatic carbocycles. The summed E-state index contributed by atoms with van der Waals surface area (Å²) >= 11 is 0. The SMILES string of the molecule is CNC(=O)CCN(C)C(=O)CNc1ccccc1OC. The number of amides is 2. The van der Waals surface area contributed by atoms with E-state index in [4.69, 9.17) is 4.74 Å². The molecule has 0 spiro atoms. The van der Waals surface area contributed by atoms with Crippen LogP contribution in [0.5, 0.6) is 5.75 Å². The van der Waals surface area contributed by atoms with Gasteiger partial charge >= 0.3 is 0 Å². The molecule has 0 atom stereocenters. The standard InChI is InChI=1S/C14H21N3O3/c1-15-13(18)8-9-17(2)14(19)10-16-11-6-4-5-7-12(11)20-3/h4-7,16H,8-10H2,1-3H3,(H,15,18). The van der Waals surface area contributed by atoms with Gasteiger partial charge in [0.15, 0.2) is 0 Å². The molecule has 110 valence electrons. The smallest absolute Gasteiger partial charge is 0.241 e. The third-order valence-electron chi connectivity index (χ3n) is 2.92. The van der Waals surface area contributed by atoms with Gasteiger partial charge in [0, 0.05) is 27.1 Å². The molecule has 0 unspecified atom stereocenters. The first-order valence-corrected chi connectivity index (χ1v) is 6.40. The lowest BCUT2D eigenvalue weighted by molar-refractivity contribution is -0.128. The molecule has 6 heteroatoms. The summed E-state index contributed by atoms with van der Waals surface area (Å²) in [6.07, 6.45) is 0.299. The maximum absolute atomic E-state index is 11.9. The Morgan fingerprint density at radius 3 is 2.65 bits per heavy atom. The minimum atomic E-state index is -0.0835. The predicted molar refractivity (Wildman–Crippen MR) is 77.8 cm³/mol. The molecule has 20 heavy (non-hydrogen) atoms. The normalized spacial score (nSPS) is 9.75. The lowest BCUT2D eigenvalue weighted by Gasteiger charge is -2.18. The van der Waals surface area contributed by atoms with Gasteiger partial charge in [0.25, 0.3) is 0 Å². The van der Waals surface area contributed by atoms with Gasteiger partial charge in [-0.1, -0.05) is 12.1 Å². The second-order valence-electron chi connectivity index (χ2n) is 4.29. The quantitative estimate of drug-likeness (QED) is 0.771. The molecule has 0 saturated heterocycles. The van der Waals surface area contributed by atoms with Crippen molar-refractivity contribution in [2.75, 3.05) is 39.6 Å². The fourth-order valence-electron chi connectivity index (χ4n) is 1.62. The lowest BCUT2D eigenvalue weighted by atomic mass is 10.3. The van der Waals surface area contributed by atoms with E-state index in [2.05, 4.69) is 10.6 Å². The van der Waals surface area contributed by atoms with Gasteiger partial charge in [0.05, 0.1) is 19.3 Å². The van der Waals surface area contributed by atoms with Gasteiger partial charge in [-0.05, 0) is 12.1 Å². The number of nitrogens with zero attached hydrogens (tertiary/aromatic N) is 1. The zero-order valence-corrected chi connectivity index (χ0v) is 12.1. The van der Waals surface area contributed by atoms with E-state index in [0.29, 0.717) is 18.7 Å². The summed E-state index contributed by atoms with van der Waals surface area (Å²) in [7, 11) is 4.83. The third kappa shape index (κ3) is 4.79. The van der Waals surface area contributed by atoms with Crippen LogP contribution in [-0.4, -0.2) is 51.0 Å². The molecule has 0 aromatic heterocycles. The van der Waals surface area contributed by atoms with Crippen molar-refractivity contribution in [3.05, 3.63) is 24.3 Å². The maximum Gasteiger partial charge on any atom is 0.241 e. The van der Waals surface area contributed by atoms with Crippen molar-refractivity contribution in [1.29, 1.82) is 0 Å². The number of anilines is 1. The fourth-order valence-corrected chi connectivity index (χ4v) is 1.62. The van der Waals surface area contributed by atoms with Crippen molar-refractivity contribution in [3.63, 3.8) is 0 Å². The summed E-state index contributed by atoms with van der Waals surface area (Å²) in [6, 6.07) is 7.39. The molecule has 6 nitrogen and oxygen atoms in total. The van der Waals surface area contributed by atoms with Crippen LogP contribution >= 0.6 is 0 Å². The molecule has 1 aromatic rings. The fraction of sp³-hybridized carbons (Fsp3) is 0.429. The Morgan fingerprint density at radius 1 is 1.30 bits per heavy atom. The predicted octanol–water partition coefficient (Wildman–Crippen LogP) is 0.702. The highest BCUT2D eigenvalue weighted by atomic mass is 16.5. The molecule has 0 bridgehead atoms. The molecule has 0 radical (unpaired) electrons. The Kier molecular flexibility index (Phi) is 6.36. The molecule has 2 N–H and O–H groups in total. The monoisotopic (exact) mass is 279 g/mol. The molecule has 0 aliphatic heterocycles. The highest BCUT2D eigenvalue weighted by Gasteiger charge is 2.11. The zero-order valence-electron chi connectivity index (χ0n) is 12.1. The number of benzene rings is 1. The molecule has 1 aromatic carbocycles.